The first-order valence-electron chi connectivity index (χ1n) is 8.11. The predicted molar refractivity (Wildman–Crippen MR) is 86.7 cm³/mol. The van der Waals surface area contributed by atoms with Gasteiger partial charge in [0, 0.05) is 12.6 Å². The number of nitrogens with one attached hydrogen (secondary N) is 1. The summed E-state index contributed by atoms with van der Waals surface area (Å²) >= 11 is 0. The van der Waals surface area contributed by atoms with E-state index in [4.69, 9.17) is 0 Å². The number of benzene rings is 1. The fraction of sp³-hybridized carbons (Fsp3) is 0.667. The second-order valence-electron chi connectivity index (χ2n) is 6.70. The Morgan fingerprint density at radius 3 is 2.55 bits per heavy atom. The zero-order chi connectivity index (χ0) is 14.4. The monoisotopic (exact) mass is 274 g/mol. The van der Waals surface area contributed by atoms with Crippen molar-refractivity contribution in [1.29, 1.82) is 0 Å². The van der Waals surface area contributed by atoms with Crippen molar-refractivity contribution in [3.63, 3.8) is 0 Å². The molecule has 0 radical (unpaired) electrons. The molecule has 0 amide bonds. The van der Waals surface area contributed by atoms with E-state index in [1.807, 2.05) is 0 Å². The Morgan fingerprint density at radius 2 is 1.90 bits per heavy atom. The van der Waals surface area contributed by atoms with Crippen molar-refractivity contribution in [2.24, 2.45) is 11.8 Å². The minimum atomic E-state index is 0.793. The van der Waals surface area contributed by atoms with Gasteiger partial charge in [0.15, 0.2) is 0 Å². The molecule has 1 aliphatic rings. The van der Waals surface area contributed by atoms with E-state index in [9.17, 15) is 0 Å². The van der Waals surface area contributed by atoms with Crippen molar-refractivity contribution in [2.75, 3.05) is 20.1 Å². The van der Waals surface area contributed by atoms with Gasteiger partial charge in [0.05, 0.1) is 0 Å². The fourth-order valence-corrected chi connectivity index (χ4v) is 3.00. The van der Waals surface area contributed by atoms with E-state index in [0.717, 1.165) is 31.0 Å². The molecule has 2 nitrogen and oxygen atoms in total. The first kappa shape index (κ1) is 15.5. The van der Waals surface area contributed by atoms with Gasteiger partial charge in [-0.25, -0.2) is 0 Å². The number of hydrogen-bond donors (Lipinski definition) is 1. The van der Waals surface area contributed by atoms with E-state index < -0.39 is 0 Å². The lowest BCUT2D eigenvalue weighted by Crippen LogP contribution is -2.43. The topological polar surface area (TPSA) is 15.3 Å². The molecule has 0 saturated heterocycles. The molecule has 0 aliphatic heterocycles. The van der Waals surface area contributed by atoms with E-state index in [1.165, 1.54) is 31.4 Å². The highest BCUT2D eigenvalue weighted by Gasteiger charge is 2.30. The third-order valence-electron chi connectivity index (χ3n) is 4.56. The Labute approximate surface area is 124 Å². The molecule has 2 rings (SSSR count). The molecule has 0 heterocycles. The van der Waals surface area contributed by atoms with Gasteiger partial charge in [-0.1, -0.05) is 44.2 Å². The molecule has 1 N–H and O–H groups in total. The summed E-state index contributed by atoms with van der Waals surface area (Å²) < 4.78 is 0. The Hall–Kier alpha value is -0.860. The largest absolute Gasteiger partial charge is 0.314 e. The summed E-state index contributed by atoms with van der Waals surface area (Å²) in [5, 5.41) is 3.70. The van der Waals surface area contributed by atoms with Crippen LogP contribution in [0.15, 0.2) is 30.3 Å². The Morgan fingerprint density at radius 1 is 1.20 bits per heavy atom. The van der Waals surface area contributed by atoms with Gasteiger partial charge >= 0.3 is 0 Å². The van der Waals surface area contributed by atoms with Gasteiger partial charge in [0.2, 0.25) is 0 Å². The van der Waals surface area contributed by atoms with Crippen molar-refractivity contribution in [3.8, 4) is 0 Å². The molecule has 1 saturated carbocycles. The molecule has 112 valence electrons. The zero-order valence-corrected chi connectivity index (χ0v) is 13.3. The lowest BCUT2D eigenvalue weighted by Gasteiger charge is -2.38. The maximum Gasteiger partial charge on any atom is 0.0230 e. The van der Waals surface area contributed by atoms with Gasteiger partial charge in [-0.05, 0) is 56.8 Å². The van der Waals surface area contributed by atoms with Gasteiger partial charge in [-0.3, -0.25) is 0 Å². The lowest BCUT2D eigenvalue weighted by atomic mass is 9.74. The Kier molecular flexibility index (Phi) is 6.06. The number of rotatable bonds is 8. The minimum absolute atomic E-state index is 0.793. The second kappa shape index (κ2) is 7.80. The standard InChI is InChI=1S/C18H30N2/c1-15(2)17-12-18(13-17)19-10-7-11-20(3)14-16-8-5-4-6-9-16/h4-6,8-9,15,17-19H,7,10-14H2,1-3H3. The van der Waals surface area contributed by atoms with E-state index in [-0.39, 0.29) is 0 Å². The normalized spacial score (nSPS) is 22.2. The molecule has 0 aromatic heterocycles. The highest BCUT2D eigenvalue weighted by Crippen LogP contribution is 2.33. The summed E-state index contributed by atoms with van der Waals surface area (Å²) in [5.41, 5.74) is 1.40. The minimum Gasteiger partial charge on any atom is -0.314 e. The summed E-state index contributed by atoms with van der Waals surface area (Å²) in [5.74, 6) is 1.83. The van der Waals surface area contributed by atoms with Gasteiger partial charge in [-0.15, -0.1) is 0 Å². The maximum absolute atomic E-state index is 3.70. The first-order chi connectivity index (χ1) is 9.65. The van der Waals surface area contributed by atoms with Crippen molar-refractivity contribution in [1.82, 2.24) is 10.2 Å². The smallest absolute Gasteiger partial charge is 0.0230 e. The molecule has 1 aromatic carbocycles. The van der Waals surface area contributed by atoms with E-state index in [2.05, 4.69) is 61.4 Å². The molecule has 2 heteroatoms. The molecule has 0 bridgehead atoms. The highest BCUT2D eigenvalue weighted by molar-refractivity contribution is 5.14. The van der Waals surface area contributed by atoms with Gasteiger partial charge in [0.25, 0.3) is 0 Å². The lowest BCUT2D eigenvalue weighted by molar-refractivity contribution is 0.167. The highest BCUT2D eigenvalue weighted by atomic mass is 15.1. The van der Waals surface area contributed by atoms with Crippen molar-refractivity contribution >= 4 is 0 Å². The van der Waals surface area contributed by atoms with Gasteiger partial charge < -0.3 is 10.2 Å². The van der Waals surface area contributed by atoms with Crippen LogP contribution in [0, 0.1) is 11.8 Å². The van der Waals surface area contributed by atoms with E-state index in [1.54, 1.807) is 0 Å². The molecule has 1 aromatic rings. The first-order valence-corrected chi connectivity index (χ1v) is 8.11. The summed E-state index contributed by atoms with van der Waals surface area (Å²) in [4.78, 5) is 2.41. The van der Waals surface area contributed by atoms with Gasteiger partial charge in [0.1, 0.15) is 0 Å². The van der Waals surface area contributed by atoms with Crippen LogP contribution in [0.4, 0.5) is 0 Å². The molecular formula is C18H30N2. The van der Waals surface area contributed by atoms with Crippen LogP contribution in [-0.2, 0) is 6.54 Å². The summed E-state index contributed by atoms with van der Waals surface area (Å²) in [6.07, 6.45) is 4.02. The van der Waals surface area contributed by atoms with Crippen LogP contribution in [0.25, 0.3) is 0 Å². The van der Waals surface area contributed by atoms with Crippen molar-refractivity contribution < 1.29 is 0 Å². The quantitative estimate of drug-likeness (QED) is 0.730. The average molecular weight is 274 g/mol. The molecule has 0 atom stereocenters. The molecule has 0 unspecified atom stereocenters. The third kappa shape index (κ3) is 4.92. The van der Waals surface area contributed by atoms with Gasteiger partial charge in [-0.2, -0.15) is 0 Å². The molecule has 0 spiro atoms. The molecule has 20 heavy (non-hydrogen) atoms. The SMILES string of the molecule is CC(C)C1CC(NCCCN(C)Cc2ccccc2)C1. The van der Waals surface area contributed by atoms with Crippen LogP contribution in [0.3, 0.4) is 0 Å². The summed E-state index contributed by atoms with van der Waals surface area (Å²) in [7, 11) is 2.21. The molecule has 1 fully saturated rings. The third-order valence-corrected chi connectivity index (χ3v) is 4.56. The average Bonchev–Trinajstić information content (AvgIpc) is 2.36. The van der Waals surface area contributed by atoms with E-state index >= 15 is 0 Å². The number of nitrogens with zero attached hydrogens (tertiary/aromatic N) is 1. The van der Waals surface area contributed by atoms with Crippen molar-refractivity contribution in [3.05, 3.63) is 35.9 Å². The molecular weight excluding hydrogens is 244 g/mol. The van der Waals surface area contributed by atoms with E-state index in [0.29, 0.717) is 0 Å². The number of hydrogen-bond acceptors (Lipinski definition) is 2. The molecule has 1 aliphatic carbocycles. The second-order valence-corrected chi connectivity index (χ2v) is 6.70. The van der Waals surface area contributed by atoms with Crippen LogP contribution in [0.5, 0.6) is 0 Å². The zero-order valence-electron chi connectivity index (χ0n) is 13.3. The maximum atomic E-state index is 3.70. The van der Waals surface area contributed by atoms with Crippen molar-refractivity contribution in [2.45, 2.75) is 45.7 Å². The van der Waals surface area contributed by atoms with Crippen LogP contribution in [0.2, 0.25) is 0 Å². The van der Waals surface area contributed by atoms with Crippen LogP contribution >= 0.6 is 0 Å². The summed E-state index contributed by atoms with van der Waals surface area (Å²) in [6, 6.07) is 11.5. The van der Waals surface area contributed by atoms with Crippen LogP contribution < -0.4 is 5.32 Å². The summed E-state index contributed by atoms with van der Waals surface area (Å²) in [6.45, 7) is 8.08. The Bertz CT molecular complexity index is 368. The Balaban J connectivity index is 1.51. The predicted octanol–water partition coefficient (Wildman–Crippen LogP) is 3.53. The van der Waals surface area contributed by atoms with Crippen LogP contribution in [0.1, 0.15) is 38.7 Å². The fourth-order valence-electron chi connectivity index (χ4n) is 3.00. The van der Waals surface area contributed by atoms with Crippen LogP contribution in [-0.4, -0.2) is 31.1 Å².